The van der Waals surface area contributed by atoms with Crippen molar-refractivity contribution in [1.29, 1.82) is 0 Å². The quantitative estimate of drug-likeness (QED) is 0.685. The van der Waals surface area contributed by atoms with E-state index in [9.17, 15) is 9.59 Å². The van der Waals surface area contributed by atoms with E-state index in [4.69, 9.17) is 4.42 Å². The van der Waals surface area contributed by atoms with Crippen LogP contribution in [0, 0.1) is 12.8 Å². The first kappa shape index (κ1) is 18.5. The van der Waals surface area contributed by atoms with E-state index in [1.807, 2.05) is 60.8 Å². The molecule has 3 heterocycles. The number of carbonyl (C=O) groups is 2. The number of aryl methyl sites for hydroxylation is 1. The van der Waals surface area contributed by atoms with Crippen molar-refractivity contribution < 1.29 is 14.0 Å². The Labute approximate surface area is 168 Å². The molecule has 0 unspecified atom stereocenters. The van der Waals surface area contributed by atoms with Crippen LogP contribution in [0.2, 0.25) is 0 Å². The average Bonchev–Trinajstić information content (AvgIpc) is 3.43. The van der Waals surface area contributed by atoms with Crippen molar-refractivity contribution in [2.45, 2.75) is 25.8 Å². The molecule has 1 aromatic carbocycles. The zero-order valence-corrected chi connectivity index (χ0v) is 16.4. The Morgan fingerprint density at radius 3 is 2.71 bits per heavy atom. The molecular formula is C22H22N2O3S. The Hall–Kier alpha value is -2.86. The number of carbonyl (C=O) groups excluding carboxylic acids is 2. The van der Waals surface area contributed by atoms with Gasteiger partial charge < -0.3 is 14.6 Å². The van der Waals surface area contributed by atoms with Crippen LogP contribution in [0.15, 0.2) is 64.6 Å². The molecule has 6 heteroatoms. The van der Waals surface area contributed by atoms with E-state index < -0.39 is 5.92 Å². The second-order valence-corrected chi connectivity index (χ2v) is 7.97. The lowest BCUT2D eigenvalue weighted by Crippen LogP contribution is -2.36. The number of amides is 2. The van der Waals surface area contributed by atoms with Crippen molar-refractivity contribution >= 4 is 28.8 Å². The van der Waals surface area contributed by atoms with Crippen LogP contribution in [0.5, 0.6) is 0 Å². The van der Waals surface area contributed by atoms with Crippen LogP contribution in [0.3, 0.4) is 0 Å². The van der Waals surface area contributed by atoms with Gasteiger partial charge in [-0.2, -0.15) is 0 Å². The van der Waals surface area contributed by atoms with Crippen LogP contribution in [0.4, 0.5) is 5.69 Å². The SMILES string of the molecule is Cc1ccc(N2C(=O)C[C@@H](C(=O)NCCc3ccco3)[C@@H]2c2cccs2)cc1. The highest BCUT2D eigenvalue weighted by molar-refractivity contribution is 7.10. The minimum atomic E-state index is -0.413. The van der Waals surface area contributed by atoms with Gasteiger partial charge in [0.1, 0.15) is 5.76 Å². The van der Waals surface area contributed by atoms with Crippen LogP contribution in [0.25, 0.3) is 0 Å². The monoisotopic (exact) mass is 394 g/mol. The molecule has 3 aromatic rings. The number of rotatable bonds is 6. The van der Waals surface area contributed by atoms with Crippen molar-refractivity contribution in [3.8, 4) is 0 Å². The fourth-order valence-corrected chi connectivity index (χ4v) is 4.54. The van der Waals surface area contributed by atoms with E-state index in [-0.39, 0.29) is 24.3 Å². The molecule has 2 aromatic heterocycles. The van der Waals surface area contributed by atoms with Crippen molar-refractivity contribution in [2.75, 3.05) is 11.4 Å². The summed E-state index contributed by atoms with van der Waals surface area (Å²) in [6.45, 7) is 2.50. The van der Waals surface area contributed by atoms with Gasteiger partial charge in [0.25, 0.3) is 0 Å². The van der Waals surface area contributed by atoms with E-state index >= 15 is 0 Å². The third-order valence-corrected chi connectivity index (χ3v) is 6.00. The zero-order chi connectivity index (χ0) is 19.5. The van der Waals surface area contributed by atoms with Gasteiger partial charge in [-0.1, -0.05) is 23.8 Å². The van der Waals surface area contributed by atoms with Gasteiger partial charge in [0, 0.05) is 30.0 Å². The Bertz CT molecular complexity index is 933. The van der Waals surface area contributed by atoms with Crippen molar-refractivity contribution in [2.24, 2.45) is 5.92 Å². The minimum Gasteiger partial charge on any atom is -0.469 e. The van der Waals surface area contributed by atoms with Crippen LogP contribution >= 0.6 is 11.3 Å². The van der Waals surface area contributed by atoms with Gasteiger partial charge >= 0.3 is 0 Å². The Morgan fingerprint density at radius 2 is 2.04 bits per heavy atom. The van der Waals surface area contributed by atoms with Crippen LogP contribution in [-0.2, 0) is 16.0 Å². The maximum absolute atomic E-state index is 12.9. The molecule has 0 aliphatic carbocycles. The molecular weight excluding hydrogens is 372 g/mol. The number of thiophene rings is 1. The van der Waals surface area contributed by atoms with Gasteiger partial charge in [-0.25, -0.2) is 0 Å². The van der Waals surface area contributed by atoms with Crippen molar-refractivity contribution in [3.05, 3.63) is 76.4 Å². The molecule has 2 atom stereocenters. The molecule has 1 aliphatic heterocycles. The van der Waals surface area contributed by atoms with E-state index in [0.717, 1.165) is 21.9 Å². The number of nitrogens with one attached hydrogen (secondary N) is 1. The molecule has 1 N–H and O–H groups in total. The van der Waals surface area contributed by atoms with Crippen molar-refractivity contribution in [1.82, 2.24) is 5.32 Å². The second kappa shape index (κ2) is 8.02. The highest BCUT2D eigenvalue weighted by atomic mass is 32.1. The molecule has 4 rings (SSSR count). The second-order valence-electron chi connectivity index (χ2n) is 6.99. The lowest BCUT2D eigenvalue weighted by atomic mass is 9.97. The summed E-state index contributed by atoms with van der Waals surface area (Å²) in [6.07, 6.45) is 2.47. The predicted octanol–water partition coefficient (Wildman–Crippen LogP) is 4.10. The molecule has 2 amide bonds. The van der Waals surface area contributed by atoms with E-state index in [1.54, 1.807) is 22.5 Å². The van der Waals surface area contributed by atoms with Crippen LogP contribution in [0.1, 0.15) is 28.7 Å². The highest BCUT2D eigenvalue weighted by Gasteiger charge is 2.45. The molecule has 1 aliphatic rings. The smallest absolute Gasteiger partial charge is 0.228 e. The van der Waals surface area contributed by atoms with Gasteiger partial charge in [0.2, 0.25) is 11.8 Å². The van der Waals surface area contributed by atoms with E-state index in [0.29, 0.717) is 13.0 Å². The first-order chi connectivity index (χ1) is 13.6. The molecule has 1 saturated heterocycles. The van der Waals surface area contributed by atoms with Gasteiger partial charge in [0.05, 0.1) is 18.2 Å². The number of furan rings is 1. The normalized spacial score (nSPS) is 19.2. The Kier molecular flexibility index (Phi) is 5.30. The molecule has 28 heavy (non-hydrogen) atoms. The number of anilines is 1. The lowest BCUT2D eigenvalue weighted by molar-refractivity contribution is -0.126. The number of hydrogen-bond acceptors (Lipinski definition) is 4. The summed E-state index contributed by atoms with van der Waals surface area (Å²) in [6, 6.07) is 15.3. The van der Waals surface area contributed by atoms with Crippen molar-refractivity contribution in [3.63, 3.8) is 0 Å². The van der Waals surface area contributed by atoms with Crippen LogP contribution in [-0.4, -0.2) is 18.4 Å². The molecule has 0 saturated carbocycles. The largest absolute Gasteiger partial charge is 0.469 e. The lowest BCUT2D eigenvalue weighted by Gasteiger charge is -2.27. The topological polar surface area (TPSA) is 62.6 Å². The van der Waals surface area contributed by atoms with E-state index in [1.165, 1.54) is 0 Å². The fraction of sp³-hybridized carbons (Fsp3) is 0.273. The molecule has 0 radical (unpaired) electrons. The third kappa shape index (κ3) is 3.73. The standard InChI is InChI=1S/C22H22N2O3S/c1-15-6-8-16(9-7-15)24-20(25)14-18(21(24)19-5-3-13-28-19)22(26)23-11-10-17-4-2-12-27-17/h2-9,12-13,18,21H,10-11,14H2,1H3,(H,23,26)/t18-,21-/m1/s1. The number of benzene rings is 1. The summed E-state index contributed by atoms with van der Waals surface area (Å²) in [4.78, 5) is 28.6. The maximum atomic E-state index is 12.9. The van der Waals surface area contributed by atoms with Gasteiger partial charge in [-0.05, 0) is 42.6 Å². The number of hydrogen-bond donors (Lipinski definition) is 1. The summed E-state index contributed by atoms with van der Waals surface area (Å²) in [5.74, 6) is 0.310. The minimum absolute atomic E-state index is 0.0200. The molecule has 0 bridgehead atoms. The Morgan fingerprint density at radius 1 is 1.21 bits per heavy atom. The molecule has 5 nitrogen and oxygen atoms in total. The maximum Gasteiger partial charge on any atom is 0.228 e. The highest BCUT2D eigenvalue weighted by Crippen LogP contribution is 2.43. The first-order valence-electron chi connectivity index (χ1n) is 9.35. The van der Waals surface area contributed by atoms with E-state index in [2.05, 4.69) is 5.32 Å². The number of nitrogens with zero attached hydrogens (tertiary/aromatic N) is 1. The zero-order valence-electron chi connectivity index (χ0n) is 15.6. The predicted molar refractivity (Wildman–Crippen MR) is 109 cm³/mol. The fourth-order valence-electron chi connectivity index (χ4n) is 3.66. The first-order valence-corrected chi connectivity index (χ1v) is 10.2. The molecule has 144 valence electrons. The summed E-state index contributed by atoms with van der Waals surface area (Å²) in [5, 5.41) is 4.97. The summed E-state index contributed by atoms with van der Waals surface area (Å²) < 4.78 is 5.31. The Balaban J connectivity index is 1.55. The van der Waals surface area contributed by atoms with Gasteiger partial charge in [-0.15, -0.1) is 11.3 Å². The molecule has 1 fully saturated rings. The van der Waals surface area contributed by atoms with Crippen LogP contribution < -0.4 is 10.2 Å². The van der Waals surface area contributed by atoms with Gasteiger partial charge in [-0.3, -0.25) is 9.59 Å². The summed E-state index contributed by atoms with van der Waals surface area (Å²) in [5.41, 5.74) is 1.97. The molecule has 0 spiro atoms. The average molecular weight is 394 g/mol. The summed E-state index contributed by atoms with van der Waals surface area (Å²) >= 11 is 1.58. The van der Waals surface area contributed by atoms with Gasteiger partial charge in [0.15, 0.2) is 0 Å². The third-order valence-electron chi connectivity index (χ3n) is 5.06. The summed E-state index contributed by atoms with van der Waals surface area (Å²) in [7, 11) is 0.